The van der Waals surface area contributed by atoms with Gasteiger partial charge in [0.15, 0.2) is 11.6 Å². The van der Waals surface area contributed by atoms with Crippen LogP contribution in [0.3, 0.4) is 0 Å². The van der Waals surface area contributed by atoms with Crippen molar-refractivity contribution in [3.63, 3.8) is 0 Å². The number of piperidine rings is 1. The van der Waals surface area contributed by atoms with Gasteiger partial charge >= 0.3 is 6.09 Å². The number of rotatable bonds is 3. The van der Waals surface area contributed by atoms with Crippen LogP contribution >= 0.6 is 0 Å². The molecule has 2 rings (SSSR count). The van der Waals surface area contributed by atoms with E-state index in [1.807, 2.05) is 20.8 Å². The highest BCUT2D eigenvalue weighted by atomic mass is 19.1. The van der Waals surface area contributed by atoms with Crippen molar-refractivity contribution >= 4 is 6.09 Å². The summed E-state index contributed by atoms with van der Waals surface area (Å²) in [6, 6.07) is 1.40. The van der Waals surface area contributed by atoms with E-state index >= 15 is 0 Å². The van der Waals surface area contributed by atoms with Crippen molar-refractivity contribution in [1.29, 1.82) is 0 Å². The van der Waals surface area contributed by atoms with Gasteiger partial charge in [0.25, 0.3) is 0 Å². The van der Waals surface area contributed by atoms with Crippen LogP contribution in [0.15, 0.2) is 12.3 Å². The lowest BCUT2D eigenvalue weighted by atomic mass is 10.1. The topological polar surface area (TPSA) is 71.9 Å². The zero-order valence-corrected chi connectivity index (χ0v) is 13.7. The molecule has 1 saturated heterocycles. The molecule has 0 aliphatic carbocycles. The van der Waals surface area contributed by atoms with Crippen molar-refractivity contribution in [1.82, 2.24) is 9.88 Å². The molecule has 0 atom stereocenters. The number of aliphatic hydroxyl groups is 1. The first-order chi connectivity index (χ1) is 10.8. The van der Waals surface area contributed by atoms with Gasteiger partial charge in [0, 0.05) is 32.0 Å². The largest absolute Gasteiger partial charge is 0.487 e. The first-order valence-electron chi connectivity index (χ1n) is 7.68. The number of nitrogens with zero attached hydrogens (tertiary/aromatic N) is 2. The molecule has 0 bridgehead atoms. The molecule has 1 N–H and O–H groups in total. The molecule has 128 valence electrons. The van der Waals surface area contributed by atoms with Crippen LogP contribution in [0.5, 0.6) is 5.75 Å². The van der Waals surface area contributed by atoms with E-state index in [9.17, 15) is 9.18 Å². The summed E-state index contributed by atoms with van der Waals surface area (Å²) in [6.45, 7) is 6.20. The van der Waals surface area contributed by atoms with Gasteiger partial charge in [0.2, 0.25) is 0 Å². The van der Waals surface area contributed by atoms with E-state index in [1.54, 1.807) is 4.90 Å². The summed E-state index contributed by atoms with van der Waals surface area (Å²) in [5.74, 6) is -0.475. The summed E-state index contributed by atoms with van der Waals surface area (Å²) < 4.78 is 24.7. The van der Waals surface area contributed by atoms with Crippen LogP contribution in [0, 0.1) is 5.82 Å². The van der Waals surface area contributed by atoms with Gasteiger partial charge in [-0.05, 0) is 20.8 Å². The number of carbonyl (C=O) groups excluding carboxylic acids is 1. The molecular weight excluding hydrogens is 303 g/mol. The number of aliphatic hydroxyl groups excluding tert-OH is 1. The fraction of sp³-hybridized carbons (Fsp3) is 0.625. The predicted molar refractivity (Wildman–Crippen MR) is 81.6 cm³/mol. The van der Waals surface area contributed by atoms with E-state index in [4.69, 9.17) is 14.6 Å². The standard InChI is InChI=1S/C16H23FN2O4/c1-16(2,3)23-15(21)19-6-4-12(5-7-19)22-14-8-11(10-20)18-9-13(14)17/h8-9,12,20H,4-7,10H2,1-3H3. The lowest BCUT2D eigenvalue weighted by Crippen LogP contribution is -2.44. The maximum absolute atomic E-state index is 13.7. The number of amides is 1. The van der Waals surface area contributed by atoms with Crippen LogP contribution in [0.2, 0.25) is 0 Å². The zero-order chi connectivity index (χ0) is 17.0. The van der Waals surface area contributed by atoms with Gasteiger partial charge in [-0.1, -0.05) is 0 Å². The molecule has 0 saturated carbocycles. The van der Waals surface area contributed by atoms with E-state index in [-0.39, 0.29) is 24.6 Å². The van der Waals surface area contributed by atoms with E-state index in [1.165, 1.54) is 6.07 Å². The van der Waals surface area contributed by atoms with Crippen molar-refractivity contribution in [3.05, 3.63) is 23.8 Å². The molecule has 1 aromatic rings. The maximum Gasteiger partial charge on any atom is 0.410 e. The summed E-state index contributed by atoms with van der Waals surface area (Å²) in [4.78, 5) is 17.4. The Labute approximate surface area is 135 Å². The smallest absolute Gasteiger partial charge is 0.410 e. The lowest BCUT2D eigenvalue weighted by molar-refractivity contribution is 0.0123. The Hall–Kier alpha value is -1.89. The summed E-state index contributed by atoms with van der Waals surface area (Å²) in [5.41, 5.74) is -0.168. The monoisotopic (exact) mass is 326 g/mol. The Morgan fingerprint density at radius 1 is 1.43 bits per heavy atom. The molecule has 0 unspecified atom stereocenters. The number of likely N-dealkylation sites (tertiary alicyclic amines) is 1. The van der Waals surface area contributed by atoms with Crippen LogP contribution in [-0.4, -0.2) is 45.9 Å². The Balaban J connectivity index is 1.89. The van der Waals surface area contributed by atoms with Gasteiger partial charge in [-0.25, -0.2) is 9.18 Å². The molecule has 1 fully saturated rings. The van der Waals surface area contributed by atoms with Crippen molar-refractivity contribution in [2.75, 3.05) is 13.1 Å². The molecule has 1 aliphatic rings. The fourth-order valence-corrected chi connectivity index (χ4v) is 2.30. The molecule has 1 aliphatic heterocycles. The van der Waals surface area contributed by atoms with Crippen LogP contribution in [0.4, 0.5) is 9.18 Å². The Morgan fingerprint density at radius 3 is 2.65 bits per heavy atom. The number of aromatic nitrogens is 1. The number of ether oxygens (including phenoxy) is 2. The highest BCUT2D eigenvalue weighted by Gasteiger charge is 2.28. The van der Waals surface area contributed by atoms with Crippen molar-refractivity contribution in [2.45, 2.75) is 51.9 Å². The molecule has 7 heteroatoms. The normalized spacial score (nSPS) is 16.3. The van der Waals surface area contributed by atoms with Crippen molar-refractivity contribution < 1.29 is 23.8 Å². The van der Waals surface area contributed by atoms with Crippen LogP contribution in [0.1, 0.15) is 39.3 Å². The molecule has 0 spiro atoms. The van der Waals surface area contributed by atoms with Gasteiger partial charge in [0.05, 0.1) is 18.5 Å². The van der Waals surface area contributed by atoms with E-state index in [2.05, 4.69) is 4.98 Å². The third-order valence-electron chi connectivity index (χ3n) is 3.43. The van der Waals surface area contributed by atoms with Crippen LogP contribution in [0.25, 0.3) is 0 Å². The van der Waals surface area contributed by atoms with Gasteiger partial charge in [-0.3, -0.25) is 4.98 Å². The minimum atomic E-state index is -0.559. The average Bonchev–Trinajstić information content (AvgIpc) is 2.48. The first kappa shape index (κ1) is 17.5. The number of carbonyl (C=O) groups is 1. The fourth-order valence-electron chi connectivity index (χ4n) is 2.30. The molecule has 0 radical (unpaired) electrons. The van der Waals surface area contributed by atoms with Crippen LogP contribution in [-0.2, 0) is 11.3 Å². The SMILES string of the molecule is CC(C)(C)OC(=O)N1CCC(Oc2cc(CO)ncc2F)CC1. The highest BCUT2D eigenvalue weighted by molar-refractivity contribution is 5.68. The second-order valence-corrected chi connectivity index (χ2v) is 6.55. The van der Waals surface area contributed by atoms with E-state index in [0.717, 1.165) is 6.20 Å². The second kappa shape index (κ2) is 7.12. The maximum atomic E-state index is 13.7. The third-order valence-corrected chi connectivity index (χ3v) is 3.43. The molecule has 1 aromatic heterocycles. The van der Waals surface area contributed by atoms with Crippen molar-refractivity contribution in [3.8, 4) is 5.75 Å². The number of halogens is 1. The summed E-state index contributed by atoms with van der Waals surface area (Å²) in [6.07, 6.45) is 1.70. The molecule has 1 amide bonds. The molecular formula is C16H23FN2O4. The molecule has 0 aromatic carbocycles. The minimum Gasteiger partial charge on any atom is -0.487 e. The zero-order valence-electron chi connectivity index (χ0n) is 13.7. The summed E-state index contributed by atoms with van der Waals surface area (Å²) in [5, 5.41) is 9.05. The molecule has 2 heterocycles. The van der Waals surface area contributed by atoms with Crippen LogP contribution < -0.4 is 4.74 Å². The van der Waals surface area contributed by atoms with Gasteiger partial charge in [-0.2, -0.15) is 0 Å². The summed E-state index contributed by atoms with van der Waals surface area (Å²) in [7, 11) is 0. The number of pyridine rings is 1. The Kier molecular flexibility index (Phi) is 5.41. The number of hydrogen-bond acceptors (Lipinski definition) is 5. The Morgan fingerprint density at radius 2 is 2.09 bits per heavy atom. The van der Waals surface area contributed by atoms with Crippen molar-refractivity contribution in [2.24, 2.45) is 0 Å². The van der Waals surface area contributed by atoms with E-state index in [0.29, 0.717) is 31.6 Å². The van der Waals surface area contributed by atoms with Gasteiger partial charge < -0.3 is 19.5 Å². The van der Waals surface area contributed by atoms with Gasteiger partial charge in [-0.15, -0.1) is 0 Å². The van der Waals surface area contributed by atoms with Gasteiger partial charge in [0.1, 0.15) is 11.7 Å². The Bertz CT molecular complexity index is 552. The van der Waals surface area contributed by atoms with E-state index < -0.39 is 11.4 Å². The third kappa shape index (κ3) is 5.06. The molecule has 6 nitrogen and oxygen atoms in total. The lowest BCUT2D eigenvalue weighted by Gasteiger charge is -2.33. The average molecular weight is 326 g/mol. The number of hydrogen-bond donors (Lipinski definition) is 1. The predicted octanol–water partition coefficient (Wildman–Crippen LogP) is 2.49. The molecule has 23 heavy (non-hydrogen) atoms. The minimum absolute atomic E-state index is 0.0831. The highest BCUT2D eigenvalue weighted by Crippen LogP contribution is 2.23. The quantitative estimate of drug-likeness (QED) is 0.924. The second-order valence-electron chi connectivity index (χ2n) is 6.55. The first-order valence-corrected chi connectivity index (χ1v) is 7.68. The summed E-state index contributed by atoms with van der Waals surface area (Å²) >= 11 is 0.